The lowest BCUT2D eigenvalue weighted by Crippen LogP contribution is -2.29. The van der Waals surface area contributed by atoms with Gasteiger partial charge in [0.25, 0.3) is 11.2 Å². The van der Waals surface area contributed by atoms with E-state index in [-0.39, 0.29) is 29.3 Å². The average Bonchev–Trinajstić information content (AvgIpc) is 3.13. The van der Waals surface area contributed by atoms with Crippen molar-refractivity contribution in [3.63, 3.8) is 0 Å². The minimum absolute atomic E-state index is 0.0644. The van der Waals surface area contributed by atoms with Crippen LogP contribution >= 0.6 is 11.6 Å². The summed E-state index contributed by atoms with van der Waals surface area (Å²) in [5.41, 5.74) is 3.23. The van der Waals surface area contributed by atoms with E-state index in [1.54, 1.807) is 41.0 Å². The van der Waals surface area contributed by atoms with Crippen LogP contribution in [0.1, 0.15) is 11.1 Å². The lowest BCUT2D eigenvalue weighted by Gasteiger charge is -2.08. The monoisotopic (exact) mass is 453 g/mol. The van der Waals surface area contributed by atoms with Crippen molar-refractivity contribution in [2.45, 2.75) is 6.54 Å². The molecule has 0 atom stereocenters. The van der Waals surface area contributed by atoms with Crippen LogP contribution in [0.5, 0.6) is 0 Å². The van der Waals surface area contributed by atoms with Crippen molar-refractivity contribution >= 4 is 40.6 Å². The van der Waals surface area contributed by atoms with Gasteiger partial charge in [-0.15, -0.1) is 0 Å². The van der Waals surface area contributed by atoms with Gasteiger partial charge in [0.15, 0.2) is 11.2 Å². The summed E-state index contributed by atoms with van der Waals surface area (Å²) in [6, 6.07) is 13.0. The summed E-state index contributed by atoms with van der Waals surface area (Å²) >= 11 is 5.95. The minimum Gasteiger partial charge on any atom is -0.298 e. The van der Waals surface area contributed by atoms with Gasteiger partial charge in [-0.2, -0.15) is 10.1 Å². The lowest BCUT2D eigenvalue weighted by atomic mass is 10.2. The fourth-order valence-electron chi connectivity index (χ4n) is 3.13. The Labute approximate surface area is 184 Å². The van der Waals surface area contributed by atoms with Crippen LogP contribution in [-0.2, 0) is 13.6 Å². The molecule has 162 valence electrons. The summed E-state index contributed by atoms with van der Waals surface area (Å²) in [7, 11) is 1.50. The third-order valence-electron chi connectivity index (χ3n) is 4.72. The Morgan fingerprint density at radius 3 is 2.72 bits per heavy atom. The van der Waals surface area contributed by atoms with Crippen LogP contribution in [0, 0.1) is 10.1 Å². The molecule has 0 saturated heterocycles. The lowest BCUT2D eigenvalue weighted by molar-refractivity contribution is -0.384. The molecular weight excluding hydrogens is 438 g/mol. The van der Waals surface area contributed by atoms with Gasteiger partial charge in [0.05, 0.1) is 17.7 Å². The van der Waals surface area contributed by atoms with Crippen molar-refractivity contribution < 1.29 is 4.92 Å². The average molecular weight is 454 g/mol. The number of aromatic amines is 1. The Morgan fingerprint density at radius 1 is 1.25 bits per heavy atom. The molecule has 0 saturated carbocycles. The van der Waals surface area contributed by atoms with Crippen LogP contribution < -0.4 is 16.7 Å². The largest absolute Gasteiger partial charge is 0.329 e. The van der Waals surface area contributed by atoms with Crippen LogP contribution in [0.2, 0.25) is 5.02 Å². The van der Waals surface area contributed by atoms with E-state index in [4.69, 9.17) is 11.6 Å². The van der Waals surface area contributed by atoms with E-state index < -0.39 is 16.2 Å². The molecule has 2 aromatic carbocycles. The molecule has 0 unspecified atom stereocenters. The van der Waals surface area contributed by atoms with E-state index in [1.807, 2.05) is 0 Å². The number of anilines is 1. The molecule has 4 aromatic rings. The Morgan fingerprint density at radius 2 is 2.00 bits per heavy atom. The number of hydrazone groups is 1. The fourth-order valence-corrected chi connectivity index (χ4v) is 3.26. The number of nitro benzene ring substituents is 1. The molecule has 4 rings (SSSR count). The third kappa shape index (κ3) is 4.14. The van der Waals surface area contributed by atoms with Crippen molar-refractivity contribution in [2.24, 2.45) is 12.1 Å². The number of imidazole rings is 1. The number of nitrogens with one attached hydrogen (secondary N) is 2. The van der Waals surface area contributed by atoms with Crippen LogP contribution in [0.25, 0.3) is 11.2 Å². The SMILES string of the molecule is Cn1c(=O)[nH]c(=O)c2c1nc(NN=Cc1cccc([N+](=O)[O-])c1)n2Cc1ccc(Cl)cc1. The Kier molecular flexibility index (Phi) is 5.56. The molecule has 0 radical (unpaired) electrons. The van der Waals surface area contributed by atoms with Gasteiger partial charge in [0, 0.05) is 29.8 Å². The first-order valence-corrected chi connectivity index (χ1v) is 9.69. The smallest absolute Gasteiger partial charge is 0.298 e. The highest BCUT2D eigenvalue weighted by atomic mass is 35.5. The maximum Gasteiger partial charge on any atom is 0.329 e. The Balaban J connectivity index is 1.75. The number of aryl methyl sites for hydroxylation is 1. The first kappa shape index (κ1) is 21.0. The number of hydrogen-bond acceptors (Lipinski definition) is 7. The quantitative estimate of drug-likeness (QED) is 0.261. The number of fused-ring (bicyclic) bond motifs is 1. The van der Waals surface area contributed by atoms with Crippen molar-refractivity contribution in [1.82, 2.24) is 19.1 Å². The van der Waals surface area contributed by atoms with Crippen LogP contribution in [0.4, 0.5) is 11.6 Å². The highest BCUT2D eigenvalue weighted by molar-refractivity contribution is 6.30. The highest BCUT2D eigenvalue weighted by Crippen LogP contribution is 2.19. The van der Waals surface area contributed by atoms with Crippen molar-refractivity contribution in [1.29, 1.82) is 0 Å². The van der Waals surface area contributed by atoms with Gasteiger partial charge < -0.3 is 0 Å². The van der Waals surface area contributed by atoms with Gasteiger partial charge >= 0.3 is 5.69 Å². The highest BCUT2D eigenvalue weighted by Gasteiger charge is 2.17. The van der Waals surface area contributed by atoms with Gasteiger partial charge in [-0.1, -0.05) is 35.9 Å². The zero-order valence-corrected chi connectivity index (χ0v) is 17.4. The summed E-state index contributed by atoms with van der Waals surface area (Å²) in [6.45, 7) is 0.254. The molecule has 0 aliphatic heterocycles. The fraction of sp³-hybridized carbons (Fsp3) is 0.100. The standard InChI is InChI=1S/C20H16ClN7O4/c1-26-17-16(18(29)24-20(26)30)27(11-12-5-7-14(21)8-6-12)19(23-17)25-22-10-13-3-2-4-15(9-13)28(31)32/h2-10H,11H2,1H3,(H,23,25)(H,24,29,30). The number of nitrogens with zero attached hydrogens (tertiary/aromatic N) is 5. The number of aromatic nitrogens is 4. The van der Waals surface area contributed by atoms with Crippen LogP contribution in [-0.4, -0.2) is 30.2 Å². The number of hydrogen-bond donors (Lipinski definition) is 2. The van der Waals surface area contributed by atoms with Crippen LogP contribution in [0.15, 0.2) is 63.2 Å². The molecule has 0 fully saturated rings. The number of non-ortho nitro benzene ring substituents is 1. The third-order valence-corrected chi connectivity index (χ3v) is 4.97. The minimum atomic E-state index is -0.592. The number of H-pyrrole nitrogens is 1. The molecule has 0 aliphatic rings. The Bertz CT molecular complexity index is 1470. The van der Waals surface area contributed by atoms with Crippen molar-refractivity contribution in [3.05, 3.63) is 95.6 Å². The van der Waals surface area contributed by atoms with Gasteiger partial charge in [-0.05, 0) is 17.7 Å². The second kappa shape index (κ2) is 8.47. The molecular formula is C20H16ClN7O4. The number of nitro groups is 1. The predicted molar refractivity (Wildman–Crippen MR) is 120 cm³/mol. The van der Waals surface area contributed by atoms with Gasteiger partial charge in [-0.25, -0.2) is 10.2 Å². The summed E-state index contributed by atoms with van der Waals surface area (Å²) in [4.78, 5) is 41.6. The molecule has 32 heavy (non-hydrogen) atoms. The molecule has 0 aliphatic carbocycles. The Hall–Kier alpha value is -4.25. The number of halogens is 1. The molecule has 11 nitrogen and oxygen atoms in total. The van der Waals surface area contributed by atoms with E-state index >= 15 is 0 Å². The maximum atomic E-state index is 12.5. The normalized spacial score (nSPS) is 11.3. The molecule has 0 spiro atoms. The molecule has 2 N–H and O–H groups in total. The number of rotatable bonds is 6. The predicted octanol–water partition coefficient (Wildman–Crippen LogP) is 2.48. The maximum absolute atomic E-state index is 12.5. The topological polar surface area (TPSA) is 140 Å². The first-order chi connectivity index (χ1) is 15.3. The van der Waals surface area contributed by atoms with Gasteiger partial charge in [0.2, 0.25) is 5.95 Å². The molecule has 0 amide bonds. The zero-order valence-electron chi connectivity index (χ0n) is 16.7. The van der Waals surface area contributed by atoms with Crippen molar-refractivity contribution in [3.8, 4) is 0 Å². The summed E-state index contributed by atoms with van der Waals surface area (Å²) in [5, 5.41) is 15.6. The summed E-state index contributed by atoms with van der Waals surface area (Å²) < 4.78 is 2.81. The van der Waals surface area contributed by atoms with Gasteiger partial charge in [-0.3, -0.25) is 29.0 Å². The second-order valence-corrected chi connectivity index (χ2v) is 7.30. The van der Waals surface area contributed by atoms with Gasteiger partial charge in [0.1, 0.15) is 0 Å². The first-order valence-electron chi connectivity index (χ1n) is 9.31. The molecule has 2 heterocycles. The van der Waals surface area contributed by atoms with E-state index in [1.165, 1.54) is 30.0 Å². The molecule has 12 heteroatoms. The zero-order chi connectivity index (χ0) is 22.8. The summed E-state index contributed by atoms with van der Waals surface area (Å²) in [5.74, 6) is 0.211. The van der Waals surface area contributed by atoms with E-state index in [2.05, 4.69) is 20.5 Å². The second-order valence-electron chi connectivity index (χ2n) is 6.86. The van der Waals surface area contributed by atoms with E-state index in [0.29, 0.717) is 10.6 Å². The van der Waals surface area contributed by atoms with Crippen molar-refractivity contribution in [2.75, 3.05) is 5.43 Å². The summed E-state index contributed by atoms with van der Waals surface area (Å²) in [6.07, 6.45) is 1.39. The number of benzene rings is 2. The van der Waals surface area contributed by atoms with Crippen LogP contribution in [0.3, 0.4) is 0 Å². The molecule has 0 bridgehead atoms. The van der Waals surface area contributed by atoms with E-state index in [9.17, 15) is 19.7 Å². The van der Waals surface area contributed by atoms with E-state index in [0.717, 1.165) is 5.56 Å². The molecule has 2 aromatic heterocycles.